The maximum atomic E-state index is 12.8. The molecule has 150 valence electrons. The summed E-state index contributed by atoms with van der Waals surface area (Å²) in [5.41, 5.74) is 2.44. The lowest BCUT2D eigenvalue weighted by Crippen LogP contribution is -2.16. The van der Waals surface area contributed by atoms with E-state index in [1.807, 2.05) is 68.4 Å². The van der Waals surface area contributed by atoms with E-state index in [0.29, 0.717) is 29.4 Å². The van der Waals surface area contributed by atoms with Gasteiger partial charge in [0, 0.05) is 0 Å². The molecule has 1 N–H and O–H groups in total. The van der Waals surface area contributed by atoms with E-state index in [1.54, 1.807) is 12.1 Å². The van der Waals surface area contributed by atoms with Gasteiger partial charge >= 0.3 is 0 Å². The molecule has 3 rings (SSSR count). The van der Waals surface area contributed by atoms with E-state index in [-0.39, 0.29) is 12.0 Å². The highest BCUT2D eigenvalue weighted by Gasteiger charge is 2.15. The molecule has 0 aromatic heterocycles. The Kier molecular flexibility index (Phi) is 7.28. The topological polar surface area (TPSA) is 47.6 Å². The number of anilines is 1. The summed E-state index contributed by atoms with van der Waals surface area (Å²) in [5.74, 6) is 1.01. The second-order valence-electron chi connectivity index (χ2n) is 7.05. The molecular weight excluding hydrogens is 362 g/mol. The number of benzene rings is 3. The normalized spacial score (nSPS) is 10.6. The molecule has 0 unspecified atom stereocenters. The summed E-state index contributed by atoms with van der Waals surface area (Å²) in [5, 5.41) is 2.96. The van der Waals surface area contributed by atoms with Crippen LogP contribution in [-0.2, 0) is 6.42 Å². The maximum Gasteiger partial charge on any atom is 0.259 e. The van der Waals surface area contributed by atoms with Crippen LogP contribution in [0.4, 0.5) is 5.69 Å². The molecule has 0 radical (unpaired) electrons. The lowest BCUT2D eigenvalue weighted by atomic mass is 10.1. The van der Waals surface area contributed by atoms with Crippen molar-refractivity contribution in [3.63, 3.8) is 0 Å². The fourth-order valence-electron chi connectivity index (χ4n) is 3.00. The molecular formula is C25H27NO3. The Bertz CT molecular complexity index is 922. The van der Waals surface area contributed by atoms with E-state index in [4.69, 9.17) is 9.47 Å². The van der Waals surface area contributed by atoms with Gasteiger partial charge in [-0.05, 0) is 56.5 Å². The second kappa shape index (κ2) is 10.3. The van der Waals surface area contributed by atoms with Crippen molar-refractivity contribution < 1.29 is 14.3 Å². The van der Waals surface area contributed by atoms with E-state index < -0.39 is 0 Å². The molecule has 0 aliphatic carbocycles. The number of carbonyl (C=O) groups is 1. The van der Waals surface area contributed by atoms with Crippen molar-refractivity contribution in [2.45, 2.75) is 32.8 Å². The molecule has 0 spiro atoms. The van der Waals surface area contributed by atoms with Crippen LogP contribution in [0.1, 0.15) is 36.2 Å². The third-order valence-electron chi connectivity index (χ3n) is 4.34. The Balaban J connectivity index is 1.62. The predicted molar refractivity (Wildman–Crippen MR) is 117 cm³/mol. The third-order valence-corrected chi connectivity index (χ3v) is 4.34. The van der Waals surface area contributed by atoms with Crippen LogP contribution >= 0.6 is 0 Å². The van der Waals surface area contributed by atoms with Gasteiger partial charge in [0.25, 0.3) is 5.91 Å². The van der Waals surface area contributed by atoms with Gasteiger partial charge < -0.3 is 14.8 Å². The van der Waals surface area contributed by atoms with Gasteiger partial charge in [-0.25, -0.2) is 0 Å². The minimum Gasteiger partial charge on any atom is -0.491 e. The first kappa shape index (κ1) is 20.5. The molecule has 0 aliphatic heterocycles. The van der Waals surface area contributed by atoms with E-state index in [2.05, 4.69) is 17.4 Å². The zero-order valence-corrected chi connectivity index (χ0v) is 16.9. The monoisotopic (exact) mass is 389 g/mol. The number of carbonyl (C=O) groups excluding carboxylic acids is 1. The zero-order valence-electron chi connectivity index (χ0n) is 16.9. The average molecular weight is 389 g/mol. The van der Waals surface area contributed by atoms with Crippen LogP contribution in [0.25, 0.3) is 0 Å². The Morgan fingerprint density at radius 3 is 2.28 bits per heavy atom. The molecule has 29 heavy (non-hydrogen) atoms. The largest absolute Gasteiger partial charge is 0.491 e. The molecule has 0 bridgehead atoms. The molecule has 0 atom stereocenters. The summed E-state index contributed by atoms with van der Waals surface area (Å²) in [6.45, 7) is 4.45. The first-order valence-electron chi connectivity index (χ1n) is 9.96. The number of ether oxygens (including phenoxy) is 2. The maximum absolute atomic E-state index is 12.8. The fourth-order valence-corrected chi connectivity index (χ4v) is 3.00. The van der Waals surface area contributed by atoms with Crippen molar-refractivity contribution in [3.05, 3.63) is 90.0 Å². The molecule has 4 heteroatoms. The Labute approximate surface area is 172 Å². The van der Waals surface area contributed by atoms with Gasteiger partial charge in [0.2, 0.25) is 0 Å². The van der Waals surface area contributed by atoms with Crippen molar-refractivity contribution in [2.75, 3.05) is 11.9 Å². The van der Waals surface area contributed by atoms with Crippen LogP contribution in [0, 0.1) is 0 Å². The Morgan fingerprint density at radius 2 is 1.52 bits per heavy atom. The number of rotatable bonds is 9. The number of hydrogen-bond acceptors (Lipinski definition) is 3. The number of nitrogens with one attached hydrogen (secondary N) is 1. The first-order valence-corrected chi connectivity index (χ1v) is 9.96. The molecule has 1 amide bonds. The van der Waals surface area contributed by atoms with Gasteiger partial charge in [-0.15, -0.1) is 0 Å². The summed E-state index contributed by atoms with van der Waals surface area (Å²) < 4.78 is 11.7. The summed E-state index contributed by atoms with van der Waals surface area (Å²) in [6, 6.07) is 25.1. The molecule has 3 aromatic carbocycles. The second-order valence-corrected chi connectivity index (χ2v) is 7.05. The highest BCUT2D eigenvalue weighted by molar-refractivity contribution is 6.06. The Hall–Kier alpha value is -3.27. The lowest BCUT2D eigenvalue weighted by Gasteiger charge is -2.15. The van der Waals surface area contributed by atoms with Gasteiger partial charge in [0.1, 0.15) is 11.5 Å². The molecule has 0 heterocycles. The van der Waals surface area contributed by atoms with Gasteiger partial charge in [-0.3, -0.25) is 4.79 Å². The molecule has 3 aromatic rings. The van der Waals surface area contributed by atoms with E-state index in [1.165, 1.54) is 5.56 Å². The number of aryl methyl sites for hydroxylation is 1. The van der Waals surface area contributed by atoms with Crippen LogP contribution in [0.5, 0.6) is 11.5 Å². The van der Waals surface area contributed by atoms with Gasteiger partial charge in [-0.2, -0.15) is 0 Å². The van der Waals surface area contributed by atoms with Crippen molar-refractivity contribution in [1.29, 1.82) is 0 Å². The summed E-state index contributed by atoms with van der Waals surface area (Å²) in [7, 11) is 0. The lowest BCUT2D eigenvalue weighted by molar-refractivity contribution is 0.102. The average Bonchev–Trinajstić information content (AvgIpc) is 2.73. The van der Waals surface area contributed by atoms with Crippen LogP contribution < -0.4 is 14.8 Å². The SMILES string of the molecule is CC(C)Oc1ccccc1C(=O)Nc1ccccc1OCCCc1ccccc1. The van der Waals surface area contributed by atoms with Crippen LogP contribution in [0.2, 0.25) is 0 Å². The Morgan fingerprint density at radius 1 is 0.862 bits per heavy atom. The number of amides is 1. The number of hydrogen-bond donors (Lipinski definition) is 1. The van der Waals surface area contributed by atoms with Crippen molar-refractivity contribution >= 4 is 11.6 Å². The van der Waals surface area contributed by atoms with Crippen LogP contribution in [0.3, 0.4) is 0 Å². The highest BCUT2D eigenvalue weighted by atomic mass is 16.5. The summed E-state index contributed by atoms with van der Waals surface area (Å²) >= 11 is 0. The highest BCUT2D eigenvalue weighted by Crippen LogP contribution is 2.26. The van der Waals surface area contributed by atoms with Crippen LogP contribution in [0.15, 0.2) is 78.9 Å². The summed E-state index contributed by atoms with van der Waals surface area (Å²) in [4.78, 5) is 12.8. The van der Waals surface area contributed by atoms with E-state index in [0.717, 1.165) is 12.8 Å². The molecule has 0 saturated carbocycles. The molecule has 0 saturated heterocycles. The number of para-hydroxylation sites is 3. The smallest absolute Gasteiger partial charge is 0.259 e. The quantitative estimate of drug-likeness (QED) is 0.475. The van der Waals surface area contributed by atoms with Crippen molar-refractivity contribution in [3.8, 4) is 11.5 Å². The third kappa shape index (κ3) is 6.11. The van der Waals surface area contributed by atoms with Crippen LogP contribution in [-0.4, -0.2) is 18.6 Å². The summed E-state index contributed by atoms with van der Waals surface area (Å²) in [6.07, 6.45) is 1.84. The van der Waals surface area contributed by atoms with E-state index >= 15 is 0 Å². The predicted octanol–water partition coefficient (Wildman–Crippen LogP) is 5.74. The zero-order chi connectivity index (χ0) is 20.5. The van der Waals surface area contributed by atoms with E-state index in [9.17, 15) is 4.79 Å². The molecule has 0 aliphatic rings. The molecule has 4 nitrogen and oxygen atoms in total. The minimum atomic E-state index is -0.221. The van der Waals surface area contributed by atoms with Gasteiger partial charge in [-0.1, -0.05) is 54.6 Å². The molecule has 0 fully saturated rings. The van der Waals surface area contributed by atoms with Gasteiger partial charge in [0.05, 0.1) is 24.0 Å². The first-order chi connectivity index (χ1) is 14.1. The van der Waals surface area contributed by atoms with Gasteiger partial charge in [0.15, 0.2) is 0 Å². The fraction of sp³-hybridized carbons (Fsp3) is 0.240. The van der Waals surface area contributed by atoms with Crippen molar-refractivity contribution in [2.24, 2.45) is 0 Å². The van der Waals surface area contributed by atoms with Crippen molar-refractivity contribution in [1.82, 2.24) is 0 Å². The minimum absolute atomic E-state index is 0.0100. The standard InChI is InChI=1S/C25H27NO3/c1-19(2)29-23-16-8-6-14-21(23)25(27)26-22-15-7-9-17-24(22)28-18-10-13-20-11-4-3-5-12-20/h3-9,11-12,14-17,19H,10,13,18H2,1-2H3,(H,26,27).